The van der Waals surface area contributed by atoms with Crippen molar-refractivity contribution in [2.24, 2.45) is 0 Å². The summed E-state index contributed by atoms with van der Waals surface area (Å²) in [5.41, 5.74) is 0.782. The number of aliphatic hydroxyl groups excluding tert-OH is 1. The van der Waals surface area contributed by atoms with Gasteiger partial charge < -0.3 is 14.6 Å². The van der Waals surface area contributed by atoms with E-state index >= 15 is 0 Å². The Morgan fingerprint density at radius 2 is 2.25 bits per heavy atom. The smallest absolute Gasteiger partial charge is 0.231 e. The molecule has 2 rings (SSSR count). The summed E-state index contributed by atoms with van der Waals surface area (Å²) >= 11 is 0. The Morgan fingerprint density at radius 1 is 1.42 bits per heavy atom. The standard InChI is InChI=1S/C9H10O3/c1-6(10)7-3-2-4-8-9(7)12-5-11-8/h2-4,6,10H,5H2,1H3. The summed E-state index contributed by atoms with van der Waals surface area (Å²) in [4.78, 5) is 0. The minimum atomic E-state index is -0.512. The van der Waals surface area contributed by atoms with E-state index in [2.05, 4.69) is 0 Å². The lowest BCUT2D eigenvalue weighted by Gasteiger charge is -2.07. The van der Waals surface area contributed by atoms with Crippen molar-refractivity contribution in [2.45, 2.75) is 13.0 Å². The molecule has 0 saturated heterocycles. The summed E-state index contributed by atoms with van der Waals surface area (Å²) in [6, 6.07) is 5.50. The Kier molecular flexibility index (Phi) is 1.66. The van der Waals surface area contributed by atoms with E-state index in [4.69, 9.17) is 9.47 Å². The first kappa shape index (κ1) is 7.43. The molecule has 64 valence electrons. The predicted molar refractivity (Wildman–Crippen MR) is 43.2 cm³/mol. The van der Waals surface area contributed by atoms with Crippen LogP contribution in [0.5, 0.6) is 11.5 Å². The highest BCUT2D eigenvalue weighted by atomic mass is 16.7. The van der Waals surface area contributed by atoms with E-state index in [1.807, 2.05) is 18.2 Å². The van der Waals surface area contributed by atoms with Crippen molar-refractivity contribution < 1.29 is 14.6 Å². The number of para-hydroxylation sites is 1. The van der Waals surface area contributed by atoms with Crippen LogP contribution in [-0.2, 0) is 0 Å². The molecule has 1 aliphatic rings. The highest BCUT2D eigenvalue weighted by molar-refractivity contribution is 5.48. The van der Waals surface area contributed by atoms with Crippen LogP contribution in [0.15, 0.2) is 18.2 Å². The molecule has 3 heteroatoms. The van der Waals surface area contributed by atoms with Gasteiger partial charge in [-0.3, -0.25) is 0 Å². The average Bonchev–Trinajstić information content (AvgIpc) is 2.49. The quantitative estimate of drug-likeness (QED) is 0.686. The van der Waals surface area contributed by atoms with Crippen LogP contribution in [0.4, 0.5) is 0 Å². The van der Waals surface area contributed by atoms with Crippen LogP contribution in [-0.4, -0.2) is 11.9 Å². The fourth-order valence-corrected chi connectivity index (χ4v) is 1.28. The van der Waals surface area contributed by atoms with Crippen molar-refractivity contribution in [3.63, 3.8) is 0 Å². The fourth-order valence-electron chi connectivity index (χ4n) is 1.28. The molecule has 1 atom stereocenters. The van der Waals surface area contributed by atoms with Gasteiger partial charge in [-0.1, -0.05) is 12.1 Å². The van der Waals surface area contributed by atoms with Crippen molar-refractivity contribution in [1.82, 2.24) is 0 Å². The van der Waals surface area contributed by atoms with E-state index in [1.54, 1.807) is 6.92 Å². The average molecular weight is 166 g/mol. The summed E-state index contributed by atoms with van der Waals surface area (Å²) in [6.07, 6.45) is -0.512. The maximum absolute atomic E-state index is 9.35. The summed E-state index contributed by atoms with van der Waals surface area (Å²) in [5.74, 6) is 1.39. The first-order valence-electron chi connectivity index (χ1n) is 3.85. The van der Waals surface area contributed by atoms with Gasteiger partial charge in [-0.15, -0.1) is 0 Å². The van der Waals surface area contributed by atoms with Gasteiger partial charge in [-0.25, -0.2) is 0 Å². The van der Waals surface area contributed by atoms with Gasteiger partial charge in [0.05, 0.1) is 6.10 Å². The second kappa shape index (κ2) is 2.68. The Labute approximate surface area is 70.5 Å². The summed E-state index contributed by atoms with van der Waals surface area (Å²) < 4.78 is 10.4. The topological polar surface area (TPSA) is 38.7 Å². The largest absolute Gasteiger partial charge is 0.454 e. The molecule has 1 heterocycles. The summed E-state index contributed by atoms with van der Waals surface area (Å²) in [7, 11) is 0. The van der Waals surface area contributed by atoms with Crippen molar-refractivity contribution in [2.75, 3.05) is 6.79 Å². The fraction of sp³-hybridized carbons (Fsp3) is 0.333. The van der Waals surface area contributed by atoms with E-state index < -0.39 is 6.10 Å². The zero-order valence-corrected chi connectivity index (χ0v) is 6.78. The molecule has 1 aromatic rings. The van der Waals surface area contributed by atoms with Gasteiger partial charge in [0.2, 0.25) is 6.79 Å². The summed E-state index contributed by atoms with van der Waals surface area (Å²) in [6.45, 7) is 1.95. The third-order valence-corrected chi connectivity index (χ3v) is 1.88. The first-order chi connectivity index (χ1) is 5.79. The van der Waals surface area contributed by atoms with Crippen LogP contribution < -0.4 is 9.47 Å². The van der Waals surface area contributed by atoms with Crippen LogP contribution in [0, 0.1) is 0 Å². The minimum absolute atomic E-state index is 0.249. The number of aliphatic hydroxyl groups is 1. The van der Waals surface area contributed by atoms with Crippen LogP contribution >= 0.6 is 0 Å². The molecule has 0 amide bonds. The van der Waals surface area contributed by atoms with E-state index in [-0.39, 0.29) is 6.79 Å². The number of ether oxygens (including phenoxy) is 2. The zero-order valence-electron chi connectivity index (χ0n) is 6.78. The molecule has 3 nitrogen and oxygen atoms in total. The molecule has 0 bridgehead atoms. The van der Waals surface area contributed by atoms with Crippen molar-refractivity contribution in [3.8, 4) is 11.5 Å². The van der Waals surface area contributed by atoms with Gasteiger partial charge in [-0.2, -0.15) is 0 Å². The van der Waals surface area contributed by atoms with Gasteiger partial charge in [0.25, 0.3) is 0 Å². The predicted octanol–water partition coefficient (Wildman–Crippen LogP) is 1.47. The Balaban J connectivity index is 2.49. The van der Waals surface area contributed by atoms with Gasteiger partial charge >= 0.3 is 0 Å². The molecule has 1 aromatic carbocycles. The van der Waals surface area contributed by atoms with Crippen molar-refractivity contribution in [1.29, 1.82) is 0 Å². The molecular weight excluding hydrogens is 156 g/mol. The Morgan fingerprint density at radius 3 is 3.00 bits per heavy atom. The number of hydrogen-bond donors (Lipinski definition) is 1. The Hall–Kier alpha value is -1.22. The molecule has 0 aliphatic carbocycles. The van der Waals surface area contributed by atoms with Crippen molar-refractivity contribution in [3.05, 3.63) is 23.8 Å². The molecule has 0 aromatic heterocycles. The SMILES string of the molecule is CC(O)c1cccc2c1OCO2. The molecule has 1 unspecified atom stereocenters. The number of rotatable bonds is 1. The summed E-state index contributed by atoms with van der Waals surface area (Å²) in [5, 5.41) is 9.35. The maximum atomic E-state index is 9.35. The number of fused-ring (bicyclic) bond motifs is 1. The number of hydrogen-bond acceptors (Lipinski definition) is 3. The second-order valence-corrected chi connectivity index (χ2v) is 2.76. The number of benzene rings is 1. The highest BCUT2D eigenvalue weighted by Crippen LogP contribution is 2.37. The third kappa shape index (κ3) is 1.02. The molecule has 12 heavy (non-hydrogen) atoms. The molecule has 1 N–H and O–H groups in total. The third-order valence-electron chi connectivity index (χ3n) is 1.88. The van der Waals surface area contributed by atoms with E-state index in [0.29, 0.717) is 11.5 Å². The second-order valence-electron chi connectivity index (χ2n) is 2.76. The van der Waals surface area contributed by atoms with Crippen LogP contribution in [0.2, 0.25) is 0 Å². The van der Waals surface area contributed by atoms with E-state index in [9.17, 15) is 5.11 Å². The minimum Gasteiger partial charge on any atom is -0.454 e. The van der Waals surface area contributed by atoms with Crippen LogP contribution in [0.3, 0.4) is 0 Å². The van der Waals surface area contributed by atoms with E-state index in [1.165, 1.54) is 0 Å². The first-order valence-corrected chi connectivity index (χ1v) is 3.85. The molecule has 0 spiro atoms. The van der Waals surface area contributed by atoms with Gasteiger partial charge in [-0.05, 0) is 13.0 Å². The maximum Gasteiger partial charge on any atom is 0.231 e. The van der Waals surface area contributed by atoms with Crippen LogP contribution in [0.25, 0.3) is 0 Å². The lowest BCUT2D eigenvalue weighted by Crippen LogP contribution is -1.96. The molecule has 0 saturated carbocycles. The molecule has 0 radical (unpaired) electrons. The molecule has 0 fully saturated rings. The van der Waals surface area contributed by atoms with E-state index in [0.717, 1.165) is 5.56 Å². The van der Waals surface area contributed by atoms with Gasteiger partial charge in [0, 0.05) is 5.56 Å². The monoisotopic (exact) mass is 166 g/mol. The lowest BCUT2D eigenvalue weighted by atomic mass is 10.1. The van der Waals surface area contributed by atoms with Gasteiger partial charge in [0.15, 0.2) is 11.5 Å². The van der Waals surface area contributed by atoms with Crippen LogP contribution in [0.1, 0.15) is 18.6 Å². The zero-order chi connectivity index (χ0) is 8.55. The normalized spacial score (nSPS) is 16.2. The van der Waals surface area contributed by atoms with Gasteiger partial charge in [0.1, 0.15) is 0 Å². The Bertz CT molecular complexity index is 294. The molecular formula is C9H10O3. The highest BCUT2D eigenvalue weighted by Gasteiger charge is 2.19. The van der Waals surface area contributed by atoms with Crippen molar-refractivity contribution >= 4 is 0 Å². The molecule has 1 aliphatic heterocycles. The lowest BCUT2D eigenvalue weighted by molar-refractivity contribution is 0.164.